The van der Waals surface area contributed by atoms with Crippen LogP contribution in [0.2, 0.25) is 0 Å². The molecule has 2 bridgehead atoms. The average molecular weight is 331 g/mol. The molecule has 2 aliphatic rings. The zero-order valence-electron chi connectivity index (χ0n) is 12.7. The molecule has 1 aromatic carbocycles. The number of allylic oxidation sites excluding steroid dienone is 1. The van der Waals surface area contributed by atoms with Crippen LogP contribution in [0.4, 0.5) is 4.79 Å². The Morgan fingerprint density at radius 2 is 1.88 bits per heavy atom. The molecule has 7 heteroatoms. The Labute approximate surface area is 137 Å². The van der Waals surface area contributed by atoms with E-state index in [1.54, 1.807) is 36.4 Å². The maximum Gasteiger partial charge on any atom is 0.408 e. The first-order valence-corrected chi connectivity index (χ1v) is 7.58. The normalized spacial score (nSPS) is 30.1. The number of carbonyl (C=O) groups is 3. The molecule has 3 N–H and O–H groups in total. The van der Waals surface area contributed by atoms with Gasteiger partial charge in [-0.1, -0.05) is 42.5 Å². The molecule has 1 aromatic rings. The summed E-state index contributed by atoms with van der Waals surface area (Å²) in [5, 5.41) is 21.5. The molecule has 126 valence electrons. The SMILES string of the molecule is O=C(N[C@]1(C(=O)O)[C@H]2C=C[C@H](C2)[C@@H]1C(=O)O)OCc1ccccc1. The van der Waals surface area contributed by atoms with E-state index in [0.717, 1.165) is 5.56 Å². The number of alkyl carbamates (subject to hydrolysis) is 1. The number of nitrogens with one attached hydrogen (secondary N) is 1. The minimum Gasteiger partial charge on any atom is -0.481 e. The van der Waals surface area contributed by atoms with E-state index in [0.29, 0.717) is 6.42 Å². The molecule has 24 heavy (non-hydrogen) atoms. The van der Waals surface area contributed by atoms with Gasteiger partial charge < -0.3 is 20.3 Å². The van der Waals surface area contributed by atoms with E-state index in [1.165, 1.54) is 0 Å². The quantitative estimate of drug-likeness (QED) is 0.707. The minimum absolute atomic E-state index is 0.0238. The summed E-state index contributed by atoms with van der Waals surface area (Å²) in [6.45, 7) is -0.0238. The van der Waals surface area contributed by atoms with Crippen LogP contribution in [-0.2, 0) is 20.9 Å². The van der Waals surface area contributed by atoms with Crippen LogP contribution in [0, 0.1) is 17.8 Å². The number of benzene rings is 1. The molecule has 0 aliphatic heterocycles. The highest BCUT2D eigenvalue weighted by atomic mass is 16.5. The molecule has 1 amide bonds. The standard InChI is InChI=1S/C17H17NO6/c19-14(20)13-11-6-7-12(8-11)17(13,15(21)22)18-16(23)24-9-10-4-2-1-3-5-10/h1-7,11-13H,8-9H2,(H,18,23)(H,19,20)(H,21,22)/t11-,12+,13-,17-/m1/s1. The number of fused-ring (bicyclic) bond motifs is 2. The Bertz CT molecular complexity index is 700. The van der Waals surface area contributed by atoms with Crippen molar-refractivity contribution in [3.8, 4) is 0 Å². The van der Waals surface area contributed by atoms with Gasteiger partial charge in [0, 0.05) is 5.92 Å². The largest absolute Gasteiger partial charge is 0.481 e. The summed E-state index contributed by atoms with van der Waals surface area (Å²) in [6.07, 6.45) is 2.83. The molecule has 0 heterocycles. The fourth-order valence-corrected chi connectivity index (χ4v) is 3.70. The summed E-state index contributed by atoms with van der Waals surface area (Å²) in [4.78, 5) is 35.6. The van der Waals surface area contributed by atoms with Gasteiger partial charge in [0.05, 0.1) is 5.92 Å². The topological polar surface area (TPSA) is 113 Å². The zero-order valence-corrected chi connectivity index (χ0v) is 12.7. The van der Waals surface area contributed by atoms with E-state index in [1.807, 2.05) is 6.07 Å². The van der Waals surface area contributed by atoms with Crippen LogP contribution in [0.15, 0.2) is 42.5 Å². The Hall–Kier alpha value is -2.83. The lowest BCUT2D eigenvalue weighted by Gasteiger charge is -2.36. The van der Waals surface area contributed by atoms with Crippen molar-refractivity contribution in [2.75, 3.05) is 0 Å². The number of amides is 1. The van der Waals surface area contributed by atoms with Gasteiger partial charge in [0.15, 0.2) is 5.54 Å². The predicted molar refractivity (Wildman–Crippen MR) is 82.0 cm³/mol. The third-order valence-corrected chi connectivity index (χ3v) is 4.76. The van der Waals surface area contributed by atoms with E-state index in [2.05, 4.69) is 5.32 Å². The molecule has 3 rings (SSSR count). The summed E-state index contributed by atoms with van der Waals surface area (Å²) in [6, 6.07) is 8.93. The van der Waals surface area contributed by atoms with Gasteiger partial charge in [-0.25, -0.2) is 9.59 Å². The number of rotatable bonds is 5. The molecule has 1 saturated carbocycles. The second-order valence-electron chi connectivity index (χ2n) is 6.07. The van der Waals surface area contributed by atoms with E-state index in [4.69, 9.17) is 4.74 Å². The predicted octanol–water partition coefficient (Wildman–Crippen LogP) is 1.64. The lowest BCUT2D eigenvalue weighted by atomic mass is 9.75. The lowest BCUT2D eigenvalue weighted by Crippen LogP contribution is -2.63. The Morgan fingerprint density at radius 1 is 1.17 bits per heavy atom. The molecular formula is C17H17NO6. The van der Waals surface area contributed by atoms with E-state index >= 15 is 0 Å². The minimum atomic E-state index is -1.88. The maximum atomic E-state index is 12.1. The first-order valence-electron chi connectivity index (χ1n) is 7.58. The number of carboxylic acids is 2. The van der Waals surface area contributed by atoms with Crippen LogP contribution in [0.5, 0.6) is 0 Å². The fourth-order valence-electron chi connectivity index (χ4n) is 3.70. The molecule has 4 atom stereocenters. The van der Waals surface area contributed by atoms with Gasteiger partial charge in [0.25, 0.3) is 0 Å². The van der Waals surface area contributed by atoms with Gasteiger partial charge in [-0.05, 0) is 17.9 Å². The highest BCUT2D eigenvalue weighted by molar-refractivity contribution is 5.92. The molecule has 0 radical (unpaired) electrons. The maximum absolute atomic E-state index is 12.1. The molecule has 0 aromatic heterocycles. The van der Waals surface area contributed by atoms with E-state index in [9.17, 15) is 24.6 Å². The van der Waals surface area contributed by atoms with Gasteiger partial charge >= 0.3 is 18.0 Å². The molecule has 1 fully saturated rings. The molecule has 0 saturated heterocycles. The number of aliphatic carboxylic acids is 2. The number of carboxylic acid groups (broad SMARTS) is 2. The molecule has 0 unspecified atom stereocenters. The van der Waals surface area contributed by atoms with Crippen molar-refractivity contribution in [1.29, 1.82) is 0 Å². The molecule has 7 nitrogen and oxygen atoms in total. The van der Waals surface area contributed by atoms with Crippen molar-refractivity contribution >= 4 is 18.0 Å². The summed E-state index contributed by atoms with van der Waals surface area (Å²) in [5.74, 6) is -4.78. The molecule has 2 aliphatic carbocycles. The number of hydrogen-bond acceptors (Lipinski definition) is 4. The first-order chi connectivity index (χ1) is 11.4. The van der Waals surface area contributed by atoms with Crippen LogP contribution in [0.1, 0.15) is 12.0 Å². The highest BCUT2D eigenvalue weighted by Crippen LogP contribution is 2.51. The van der Waals surface area contributed by atoms with Crippen LogP contribution in [0.25, 0.3) is 0 Å². The average Bonchev–Trinajstić information content (AvgIpc) is 3.13. The van der Waals surface area contributed by atoms with Gasteiger partial charge in [0.2, 0.25) is 0 Å². The Kier molecular flexibility index (Phi) is 4.01. The number of ether oxygens (including phenoxy) is 1. The zero-order chi connectivity index (χ0) is 17.3. The fraction of sp³-hybridized carbons (Fsp3) is 0.353. The van der Waals surface area contributed by atoms with Crippen LogP contribution < -0.4 is 5.32 Å². The van der Waals surface area contributed by atoms with Crippen molar-refractivity contribution in [1.82, 2.24) is 5.32 Å². The van der Waals surface area contributed by atoms with Crippen LogP contribution in [0.3, 0.4) is 0 Å². The molecular weight excluding hydrogens is 314 g/mol. The van der Waals surface area contributed by atoms with E-state index < -0.39 is 41.3 Å². The molecule has 0 spiro atoms. The first kappa shape index (κ1) is 16.0. The summed E-state index contributed by atoms with van der Waals surface area (Å²) >= 11 is 0. The second kappa shape index (κ2) is 5.99. The van der Waals surface area contributed by atoms with Gasteiger partial charge in [0.1, 0.15) is 6.61 Å². The lowest BCUT2D eigenvalue weighted by molar-refractivity contribution is -0.157. The van der Waals surface area contributed by atoms with Crippen molar-refractivity contribution < 1.29 is 29.3 Å². The van der Waals surface area contributed by atoms with Crippen molar-refractivity contribution in [3.05, 3.63) is 48.0 Å². The van der Waals surface area contributed by atoms with Gasteiger partial charge in [-0.3, -0.25) is 4.79 Å². The van der Waals surface area contributed by atoms with Crippen molar-refractivity contribution in [2.45, 2.75) is 18.6 Å². The summed E-state index contributed by atoms with van der Waals surface area (Å²) in [7, 11) is 0. The van der Waals surface area contributed by atoms with Gasteiger partial charge in [-0.2, -0.15) is 0 Å². The third-order valence-electron chi connectivity index (χ3n) is 4.76. The van der Waals surface area contributed by atoms with E-state index in [-0.39, 0.29) is 6.61 Å². The van der Waals surface area contributed by atoms with Crippen LogP contribution >= 0.6 is 0 Å². The van der Waals surface area contributed by atoms with Crippen LogP contribution in [-0.4, -0.2) is 33.8 Å². The smallest absolute Gasteiger partial charge is 0.408 e. The highest BCUT2D eigenvalue weighted by Gasteiger charge is 2.65. The van der Waals surface area contributed by atoms with Crippen molar-refractivity contribution in [3.63, 3.8) is 0 Å². The third kappa shape index (κ3) is 2.51. The summed E-state index contributed by atoms with van der Waals surface area (Å²) < 4.78 is 5.07. The summed E-state index contributed by atoms with van der Waals surface area (Å²) in [5.41, 5.74) is -1.13. The number of hydrogen-bond donors (Lipinski definition) is 3. The monoisotopic (exact) mass is 331 g/mol. The van der Waals surface area contributed by atoms with Crippen molar-refractivity contribution in [2.24, 2.45) is 17.8 Å². The van der Waals surface area contributed by atoms with Gasteiger partial charge in [-0.15, -0.1) is 0 Å². The second-order valence-corrected chi connectivity index (χ2v) is 6.07. The Morgan fingerprint density at radius 3 is 2.50 bits per heavy atom. The number of carbonyl (C=O) groups excluding carboxylic acids is 1. The Balaban J connectivity index is 1.77.